The molecule has 0 aromatic carbocycles. The van der Waals surface area contributed by atoms with Crippen molar-refractivity contribution in [2.24, 2.45) is 0 Å². The fourth-order valence-electron chi connectivity index (χ4n) is 10.4. The maximum atomic E-state index is 12.5. The molecule has 2 atom stereocenters. The van der Waals surface area contributed by atoms with Crippen LogP contribution in [-0.4, -0.2) is 47.4 Å². The number of esters is 1. The Morgan fingerprint density at radius 1 is 0.384 bits per heavy atom. The molecule has 0 aromatic rings. The van der Waals surface area contributed by atoms with Gasteiger partial charge < -0.3 is 20.3 Å². The van der Waals surface area contributed by atoms with Crippen LogP contribution in [0.25, 0.3) is 0 Å². The molecule has 0 aliphatic carbocycles. The zero-order valence-corrected chi connectivity index (χ0v) is 49.4. The third-order valence-electron chi connectivity index (χ3n) is 15.5. The van der Waals surface area contributed by atoms with Crippen LogP contribution < -0.4 is 5.32 Å². The Morgan fingerprint density at radius 2 is 0.685 bits per heavy atom. The Kier molecular flexibility index (Phi) is 61.4. The van der Waals surface area contributed by atoms with E-state index in [4.69, 9.17) is 4.74 Å². The van der Waals surface area contributed by atoms with Crippen molar-refractivity contribution in [2.75, 3.05) is 13.2 Å². The second-order valence-corrected chi connectivity index (χ2v) is 22.8. The number of allylic oxidation sites excluding steroid dienone is 4. The van der Waals surface area contributed by atoms with Gasteiger partial charge >= 0.3 is 5.97 Å². The Labute approximate surface area is 456 Å². The van der Waals surface area contributed by atoms with Crippen LogP contribution in [0.2, 0.25) is 0 Å². The van der Waals surface area contributed by atoms with Crippen molar-refractivity contribution in [1.82, 2.24) is 5.32 Å². The second kappa shape index (κ2) is 62.9. The van der Waals surface area contributed by atoms with Gasteiger partial charge in [-0.2, -0.15) is 0 Å². The van der Waals surface area contributed by atoms with Crippen molar-refractivity contribution >= 4 is 11.9 Å². The summed E-state index contributed by atoms with van der Waals surface area (Å²) in [6, 6.07) is -0.549. The van der Waals surface area contributed by atoms with Gasteiger partial charge in [0, 0.05) is 12.8 Å². The van der Waals surface area contributed by atoms with Gasteiger partial charge in [0.15, 0.2) is 0 Å². The molecule has 0 aromatic heterocycles. The van der Waals surface area contributed by atoms with Crippen LogP contribution in [0, 0.1) is 0 Å². The van der Waals surface area contributed by atoms with E-state index in [1.807, 2.05) is 0 Å². The van der Waals surface area contributed by atoms with Crippen LogP contribution >= 0.6 is 0 Å². The highest BCUT2D eigenvalue weighted by Crippen LogP contribution is 2.18. The lowest BCUT2D eigenvalue weighted by Gasteiger charge is -2.22. The van der Waals surface area contributed by atoms with E-state index in [9.17, 15) is 19.8 Å². The molecular formula is C67H129NO5. The standard InChI is InChI=1S/C67H129NO5/c1-3-5-7-9-11-13-15-17-19-28-33-37-41-45-49-53-57-61-67(72)73-62-58-54-50-46-42-38-34-30-27-25-23-21-22-24-26-29-32-36-40-44-48-52-56-60-66(71)68-64(63-69)65(70)59-55-51-47-43-39-35-31-20-18-16-14-12-10-8-6-4-2/h21,23-24,26,64-65,69-70H,3-20,22,25,27-63H2,1-2H3,(H,68,71)/b23-21-,26-24-. The number of hydrogen-bond acceptors (Lipinski definition) is 5. The summed E-state index contributed by atoms with van der Waals surface area (Å²) in [5.74, 6) is -0.0312. The topological polar surface area (TPSA) is 95.9 Å². The smallest absolute Gasteiger partial charge is 0.305 e. The molecule has 2 unspecified atom stereocenters. The number of aliphatic hydroxyl groups is 2. The predicted octanol–water partition coefficient (Wildman–Crippen LogP) is 21.0. The van der Waals surface area contributed by atoms with Crippen molar-refractivity contribution < 1.29 is 24.5 Å². The highest BCUT2D eigenvalue weighted by molar-refractivity contribution is 5.76. The molecule has 0 fully saturated rings. The van der Waals surface area contributed by atoms with Gasteiger partial charge in [-0.1, -0.05) is 321 Å². The largest absolute Gasteiger partial charge is 0.466 e. The molecule has 0 bridgehead atoms. The quantitative estimate of drug-likeness (QED) is 0.0320. The third kappa shape index (κ3) is 59.4. The minimum Gasteiger partial charge on any atom is -0.466 e. The molecule has 432 valence electrons. The van der Waals surface area contributed by atoms with Crippen LogP contribution in [-0.2, 0) is 14.3 Å². The SMILES string of the molecule is CCCCCCCCCCCCCCCCCCCC(=O)OCCCCCCCCCCC/C=C\C/C=C\CCCCCCCCCC(=O)NC(CO)C(O)CCCCCCCCCCCCCCCCCC. The fraction of sp³-hybridized carbons (Fsp3) is 0.910. The van der Waals surface area contributed by atoms with E-state index < -0.39 is 12.1 Å². The number of carbonyl (C=O) groups is 2. The lowest BCUT2D eigenvalue weighted by Crippen LogP contribution is -2.45. The number of aliphatic hydroxyl groups excluding tert-OH is 2. The average molecular weight is 1030 g/mol. The van der Waals surface area contributed by atoms with Gasteiger partial charge in [-0.15, -0.1) is 0 Å². The monoisotopic (exact) mass is 1030 g/mol. The number of unbranched alkanes of at least 4 members (excludes halogenated alkanes) is 47. The summed E-state index contributed by atoms with van der Waals surface area (Å²) < 4.78 is 5.50. The molecule has 6 heteroatoms. The number of nitrogens with one attached hydrogen (secondary N) is 1. The highest BCUT2D eigenvalue weighted by atomic mass is 16.5. The molecule has 73 heavy (non-hydrogen) atoms. The zero-order valence-electron chi connectivity index (χ0n) is 49.4. The minimum absolute atomic E-state index is 0.0116. The van der Waals surface area contributed by atoms with Crippen LogP contribution in [0.3, 0.4) is 0 Å². The van der Waals surface area contributed by atoms with Gasteiger partial charge in [-0.25, -0.2) is 0 Å². The van der Waals surface area contributed by atoms with Crippen molar-refractivity contribution in [3.8, 4) is 0 Å². The molecule has 0 saturated carbocycles. The van der Waals surface area contributed by atoms with E-state index in [-0.39, 0.29) is 18.5 Å². The number of rotatable bonds is 62. The third-order valence-corrected chi connectivity index (χ3v) is 15.5. The predicted molar refractivity (Wildman–Crippen MR) is 320 cm³/mol. The van der Waals surface area contributed by atoms with Crippen LogP contribution in [0.1, 0.15) is 367 Å². The summed E-state index contributed by atoms with van der Waals surface area (Å²) in [5.41, 5.74) is 0. The van der Waals surface area contributed by atoms with E-state index in [0.717, 1.165) is 44.9 Å². The minimum atomic E-state index is -0.671. The lowest BCUT2D eigenvalue weighted by atomic mass is 10.0. The highest BCUT2D eigenvalue weighted by Gasteiger charge is 2.20. The van der Waals surface area contributed by atoms with E-state index in [0.29, 0.717) is 25.9 Å². The van der Waals surface area contributed by atoms with E-state index >= 15 is 0 Å². The van der Waals surface area contributed by atoms with E-state index in [2.05, 4.69) is 43.5 Å². The summed E-state index contributed by atoms with van der Waals surface area (Å²) in [7, 11) is 0. The summed E-state index contributed by atoms with van der Waals surface area (Å²) in [4.78, 5) is 24.6. The summed E-state index contributed by atoms with van der Waals surface area (Å²) in [6.45, 7) is 4.98. The molecule has 0 aliphatic rings. The summed E-state index contributed by atoms with van der Waals surface area (Å²) >= 11 is 0. The van der Waals surface area contributed by atoms with E-state index in [1.165, 1.54) is 289 Å². The van der Waals surface area contributed by atoms with Gasteiger partial charge in [-0.05, 0) is 57.8 Å². The Balaban J connectivity index is 3.42. The van der Waals surface area contributed by atoms with E-state index in [1.54, 1.807) is 0 Å². The molecule has 0 spiro atoms. The van der Waals surface area contributed by atoms with Gasteiger partial charge in [0.1, 0.15) is 0 Å². The van der Waals surface area contributed by atoms with Gasteiger partial charge in [-0.3, -0.25) is 9.59 Å². The molecule has 0 heterocycles. The zero-order chi connectivity index (χ0) is 52.9. The van der Waals surface area contributed by atoms with Crippen LogP contribution in [0.4, 0.5) is 0 Å². The first kappa shape index (κ1) is 71.3. The van der Waals surface area contributed by atoms with Crippen LogP contribution in [0.5, 0.6) is 0 Å². The van der Waals surface area contributed by atoms with Gasteiger partial charge in [0.2, 0.25) is 5.91 Å². The Bertz CT molecular complexity index is 1140. The molecule has 1 amide bonds. The fourth-order valence-corrected chi connectivity index (χ4v) is 10.4. The van der Waals surface area contributed by atoms with Gasteiger partial charge in [0.05, 0.1) is 25.4 Å². The molecule has 6 nitrogen and oxygen atoms in total. The summed E-state index contributed by atoms with van der Waals surface area (Å²) in [6.07, 6.45) is 77.7. The molecule has 0 radical (unpaired) electrons. The molecular weight excluding hydrogens is 899 g/mol. The maximum Gasteiger partial charge on any atom is 0.305 e. The first-order valence-electron chi connectivity index (χ1n) is 33.1. The molecule has 3 N–H and O–H groups in total. The molecule has 0 aliphatic heterocycles. The first-order valence-corrected chi connectivity index (χ1v) is 33.1. The van der Waals surface area contributed by atoms with Crippen molar-refractivity contribution in [1.29, 1.82) is 0 Å². The molecule has 0 saturated heterocycles. The maximum absolute atomic E-state index is 12.5. The number of ether oxygens (including phenoxy) is 1. The Hall–Kier alpha value is -1.66. The number of amides is 1. The van der Waals surface area contributed by atoms with Crippen molar-refractivity contribution in [3.05, 3.63) is 24.3 Å². The second-order valence-electron chi connectivity index (χ2n) is 22.8. The molecule has 0 rings (SSSR count). The average Bonchev–Trinajstić information content (AvgIpc) is 3.39. The van der Waals surface area contributed by atoms with Crippen molar-refractivity contribution in [3.63, 3.8) is 0 Å². The van der Waals surface area contributed by atoms with Gasteiger partial charge in [0.25, 0.3) is 0 Å². The number of hydrogen-bond donors (Lipinski definition) is 3. The Morgan fingerprint density at radius 3 is 1.04 bits per heavy atom. The summed E-state index contributed by atoms with van der Waals surface area (Å²) in [5, 5.41) is 23.3. The number of carbonyl (C=O) groups excluding carboxylic acids is 2. The van der Waals surface area contributed by atoms with Crippen molar-refractivity contribution in [2.45, 2.75) is 379 Å². The first-order chi connectivity index (χ1) is 36.0. The lowest BCUT2D eigenvalue weighted by molar-refractivity contribution is -0.143. The normalized spacial score (nSPS) is 12.7. The van der Waals surface area contributed by atoms with Crippen LogP contribution in [0.15, 0.2) is 24.3 Å².